The average molecular weight is 179 g/mol. The van der Waals surface area contributed by atoms with Gasteiger partial charge in [0.2, 0.25) is 0 Å². The summed E-state index contributed by atoms with van der Waals surface area (Å²) in [5.74, 6) is 0.839. The number of hydrogen-bond donors (Lipinski definition) is 1. The third-order valence-electron chi connectivity index (χ3n) is 1.65. The minimum Gasteiger partial charge on any atom is -0.360 e. The van der Waals surface area contributed by atoms with Crippen molar-refractivity contribution >= 4 is 0 Å². The predicted octanol–water partition coefficient (Wildman–Crippen LogP) is 1.23. The van der Waals surface area contributed by atoms with Gasteiger partial charge in [-0.1, -0.05) is 5.16 Å². The molecule has 0 aliphatic heterocycles. The molecular formula is C9H13N3O. The van der Waals surface area contributed by atoms with Crippen molar-refractivity contribution in [3.05, 3.63) is 17.5 Å². The van der Waals surface area contributed by atoms with E-state index in [1.807, 2.05) is 19.9 Å². The Kier molecular flexibility index (Phi) is 3.47. The highest BCUT2D eigenvalue weighted by atomic mass is 16.5. The van der Waals surface area contributed by atoms with Crippen molar-refractivity contribution in [3.63, 3.8) is 0 Å². The number of hydrogen-bond acceptors (Lipinski definition) is 4. The number of nitrogens with one attached hydrogen (secondary N) is 1. The van der Waals surface area contributed by atoms with E-state index in [2.05, 4.69) is 16.5 Å². The summed E-state index contributed by atoms with van der Waals surface area (Å²) in [6.07, 6.45) is 0. The van der Waals surface area contributed by atoms with Gasteiger partial charge in [-0.25, -0.2) is 0 Å². The Bertz CT molecular complexity index is 300. The normalized spacial score (nSPS) is 12.4. The summed E-state index contributed by atoms with van der Waals surface area (Å²) in [4.78, 5) is 0. The monoisotopic (exact) mass is 179 g/mol. The molecule has 13 heavy (non-hydrogen) atoms. The largest absolute Gasteiger partial charge is 0.360 e. The Morgan fingerprint density at radius 1 is 1.77 bits per heavy atom. The highest BCUT2D eigenvalue weighted by molar-refractivity contribution is 5.02. The molecule has 0 radical (unpaired) electrons. The molecular weight excluding hydrogens is 166 g/mol. The summed E-state index contributed by atoms with van der Waals surface area (Å²) < 4.78 is 4.98. The molecule has 70 valence electrons. The van der Waals surface area contributed by atoms with Gasteiger partial charge in [0, 0.05) is 12.6 Å². The first kappa shape index (κ1) is 9.75. The summed E-state index contributed by atoms with van der Waals surface area (Å²) in [7, 11) is 0. The van der Waals surface area contributed by atoms with Crippen LogP contribution in [0.25, 0.3) is 0 Å². The van der Waals surface area contributed by atoms with E-state index in [1.165, 1.54) is 0 Å². The van der Waals surface area contributed by atoms with Gasteiger partial charge in [0.15, 0.2) is 5.76 Å². The second-order valence-corrected chi connectivity index (χ2v) is 3.10. The lowest BCUT2D eigenvalue weighted by Crippen LogP contribution is -2.19. The first-order valence-electron chi connectivity index (χ1n) is 4.25. The molecule has 0 amide bonds. The van der Waals surface area contributed by atoms with Gasteiger partial charge in [0.1, 0.15) is 0 Å². The van der Waals surface area contributed by atoms with Gasteiger partial charge in [-0.3, -0.25) is 0 Å². The standard InChI is InChI=1S/C9H13N3O/c1-7(4-10)5-11-6-9-3-8(2)12-13-9/h3,7,11H,5-6H2,1-2H3. The maximum atomic E-state index is 8.51. The lowest BCUT2D eigenvalue weighted by molar-refractivity contribution is 0.368. The molecule has 0 saturated carbocycles. The van der Waals surface area contributed by atoms with Crippen molar-refractivity contribution in [1.29, 1.82) is 5.26 Å². The summed E-state index contributed by atoms with van der Waals surface area (Å²) in [6, 6.07) is 4.03. The van der Waals surface area contributed by atoms with E-state index in [1.54, 1.807) is 0 Å². The van der Waals surface area contributed by atoms with Crippen molar-refractivity contribution in [2.45, 2.75) is 20.4 Å². The number of nitriles is 1. The Morgan fingerprint density at radius 2 is 2.54 bits per heavy atom. The minimum absolute atomic E-state index is 0.0315. The zero-order valence-electron chi connectivity index (χ0n) is 7.87. The lowest BCUT2D eigenvalue weighted by atomic mass is 10.2. The maximum absolute atomic E-state index is 8.51. The molecule has 1 atom stereocenters. The first-order valence-corrected chi connectivity index (χ1v) is 4.25. The van der Waals surface area contributed by atoms with Crippen LogP contribution in [0.2, 0.25) is 0 Å². The second-order valence-electron chi connectivity index (χ2n) is 3.10. The molecule has 1 heterocycles. The van der Waals surface area contributed by atoms with Crippen LogP contribution in [0.5, 0.6) is 0 Å². The molecule has 0 saturated heterocycles. The summed E-state index contributed by atoms with van der Waals surface area (Å²) in [5.41, 5.74) is 0.880. The molecule has 0 aromatic carbocycles. The number of rotatable bonds is 4. The van der Waals surface area contributed by atoms with E-state index in [4.69, 9.17) is 9.78 Å². The van der Waals surface area contributed by atoms with E-state index in [0.717, 1.165) is 11.5 Å². The molecule has 0 bridgehead atoms. The average Bonchev–Trinajstić information content (AvgIpc) is 2.51. The summed E-state index contributed by atoms with van der Waals surface area (Å²) in [6.45, 7) is 5.06. The molecule has 4 heteroatoms. The molecule has 1 N–H and O–H groups in total. The Morgan fingerprint density at radius 3 is 3.08 bits per heavy atom. The molecule has 0 fully saturated rings. The Labute approximate surface area is 77.5 Å². The van der Waals surface area contributed by atoms with Crippen LogP contribution in [0.1, 0.15) is 18.4 Å². The van der Waals surface area contributed by atoms with Crippen LogP contribution in [0, 0.1) is 24.2 Å². The molecule has 0 aliphatic carbocycles. The van der Waals surface area contributed by atoms with Gasteiger partial charge in [-0.15, -0.1) is 0 Å². The van der Waals surface area contributed by atoms with Gasteiger partial charge in [0.05, 0.1) is 24.2 Å². The van der Waals surface area contributed by atoms with Gasteiger partial charge in [-0.05, 0) is 13.8 Å². The lowest BCUT2D eigenvalue weighted by Gasteiger charge is -2.01. The second kappa shape index (κ2) is 4.63. The van der Waals surface area contributed by atoms with E-state index < -0.39 is 0 Å². The van der Waals surface area contributed by atoms with E-state index in [9.17, 15) is 0 Å². The van der Waals surface area contributed by atoms with Crippen LogP contribution >= 0.6 is 0 Å². The van der Waals surface area contributed by atoms with Crippen LogP contribution in [0.15, 0.2) is 10.6 Å². The molecule has 4 nitrogen and oxygen atoms in total. The molecule has 0 aliphatic rings. The predicted molar refractivity (Wildman–Crippen MR) is 47.7 cm³/mol. The Balaban J connectivity index is 2.25. The van der Waals surface area contributed by atoms with E-state index >= 15 is 0 Å². The van der Waals surface area contributed by atoms with Crippen molar-refractivity contribution in [2.24, 2.45) is 5.92 Å². The number of aromatic nitrogens is 1. The Hall–Kier alpha value is -1.34. The highest BCUT2D eigenvalue weighted by Crippen LogP contribution is 2.01. The van der Waals surface area contributed by atoms with Crippen LogP contribution in [0.4, 0.5) is 0 Å². The third kappa shape index (κ3) is 3.26. The summed E-state index contributed by atoms with van der Waals surface area (Å²) in [5, 5.41) is 15.4. The molecule has 0 spiro atoms. The fraction of sp³-hybridized carbons (Fsp3) is 0.556. The van der Waals surface area contributed by atoms with Gasteiger partial charge in [0.25, 0.3) is 0 Å². The third-order valence-corrected chi connectivity index (χ3v) is 1.65. The van der Waals surface area contributed by atoms with Crippen LogP contribution in [-0.4, -0.2) is 11.7 Å². The van der Waals surface area contributed by atoms with Crippen molar-refractivity contribution in [2.75, 3.05) is 6.54 Å². The van der Waals surface area contributed by atoms with Gasteiger partial charge < -0.3 is 9.84 Å². The van der Waals surface area contributed by atoms with E-state index in [-0.39, 0.29) is 5.92 Å². The topological polar surface area (TPSA) is 61.9 Å². The smallest absolute Gasteiger partial charge is 0.150 e. The molecule has 1 aromatic heterocycles. The van der Waals surface area contributed by atoms with Gasteiger partial charge >= 0.3 is 0 Å². The first-order chi connectivity index (χ1) is 6.22. The zero-order chi connectivity index (χ0) is 9.68. The van der Waals surface area contributed by atoms with Crippen molar-refractivity contribution in [3.8, 4) is 6.07 Å². The van der Waals surface area contributed by atoms with Crippen molar-refractivity contribution in [1.82, 2.24) is 10.5 Å². The zero-order valence-corrected chi connectivity index (χ0v) is 7.87. The SMILES string of the molecule is Cc1cc(CNCC(C)C#N)on1. The number of nitrogens with zero attached hydrogens (tertiary/aromatic N) is 2. The summed E-state index contributed by atoms with van der Waals surface area (Å²) >= 11 is 0. The van der Waals surface area contributed by atoms with Crippen LogP contribution in [-0.2, 0) is 6.54 Å². The molecule has 1 rings (SSSR count). The maximum Gasteiger partial charge on any atom is 0.150 e. The minimum atomic E-state index is 0.0315. The number of aryl methyl sites for hydroxylation is 1. The molecule has 1 aromatic rings. The fourth-order valence-corrected chi connectivity index (χ4v) is 0.957. The van der Waals surface area contributed by atoms with Crippen LogP contribution < -0.4 is 5.32 Å². The quantitative estimate of drug-likeness (QED) is 0.755. The van der Waals surface area contributed by atoms with Crippen molar-refractivity contribution < 1.29 is 4.52 Å². The fourth-order valence-electron chi connectivity index (χ4n) is 0.957. The highest BCUT2D eigenvalue weighted by Gasteiger charge is 2.01. The molecule has 1 unspecified atom stereocenters. The van der Waals surface area contributed by atoms with Crippen LogP contribution in [0.3, 0.4) is 0 Å². The van der Waals surface area contributed by atoms with E-state index in [0.29, 0.717) is 13.1 Å². The van der Waals surface area contributed by atoms with Gasteiger partial charge in [-0.2, -0.15) is 5.26 Å².